The Morgan fingerprint density at radius 3 is 1.59 bits per heavy atom. The van der Waals surface area contributed by atoms with E-state index in [-0.39, 0.29) is 23.7 Å². The van der Waals surface area contributed by atoms with Crippen LogP contribution in [0.3, 0.4) is 0 Å². The molecule has 0 unspecified atom stereocenters. The number of amides is 2. The average Bonchev–Trinajstić information content (AvgIpc) is 3.41. The van der Waals surface area contributed by atoms with Gasteiger partial charge < -0.3 is 10.6 Å². The van der Waals surface area contributed by atoms with Crippen molar-refractivity contribution in [3.05, 3.63) is 0 Å². The summed E-state index contributed by atoms with van der Waals surface area (Å²) in [6.45, 7) is 5.94. The third-order valence-electron chi connectivity index (χ3n) is 5.91. The lowest BCUT2D eigenvalue weighted by Crippen LogP contribution is -2.36. The highest BCUT2D eigenvalue weighted by Gasteiger charge is 2.40. The first-order chi connectivity index (χ1) is 10.5. The van der Waals surface area contributed by atoms with Crippen LogP contribution in [-0.4, -0.2) is 24.9 Å². The molecule has 0 bridgehead atoms. The Balaban J connectivity index is 1.34. The van der Waals surface area contributed by atoms with Crippen LogP contribution in [0.15, 0.2) is 0 Å². The fourth-order valence-electron chi connectivity index (χ4n) is 3.90. The van der Waals surface area contributed by atoms with Crippen molar-refractivity contribution in [1.82, 2.24) is 10.6 Å². The second-order valence-corrected chi connectivity index (χ2v) is 8.03. The lowest BCUT2D eigenvalue weighted by atomic mass is 9.81. The highest BCUT2D eigenvalue weighted by molar-refractivity contribution is 5.81. The number of nitrogens with one attached hydrogen (secondary N) is 2. The highest BCUT2D eigenvalue weighted by Crippen LogP contribution is 2.38. The van der Waals surface area contributed by atoms with E-state index in [1.807, 2.05) is 0 Å². The monoisotopic (exact) mass is 306 g/mol. The number of hydrogen-bond acceptors (Lipinski definition) is 2. The largest absolute Gasteiger partial charge is 0.356 e. The lowest BCUT2D eigenvalue weighted by molar-refractivity contribution is -0.123. The van der Waals surface area contributed by atoms with Crippen molar-refractivity contribution in [2.75, 3.05) is 13.1 Å². The predicted octanol–water partition coefficient (Wildman–Crippen LogP) is 2.34. The van der Waals surface area contributed by atoms with Gasteiger partial charge in [0.15, 0.2) is 0 Å². The molecule has 2 N–H and O–H groups in total. The van der Waals surface area contributed by atoms with Crippen molar-refractivity contribution in [3.8, 4) is 0 Å². The summed E-state index contributed by atoms with van der Waals surface area (Å²) >= 11 is 0. The zero-order valence-electron chi connectivity index (χ0n) is 13.9. The Bertz CT molecular complexity index is 399. The van der Waals surface area contributed by atoms with Gasteiger partial charge in [-0.25, -0.2) is 0 Å². The van der Waals surface area contributed by atoms with Gasteiger partial charge in [0, 0.05) is 24.9 Å². The Morgan fingerprint density at radius 1 is 0.818 bits per heavy atom. The molecule has 0 aromatic heterocycles. The zero-order valence-corrected chi connectivity index (χ0v) is 13.9. The summed E-state index contributed by atoms with van der Waals surface area (Å²) in [5, 5.41) is 6.28. The SMILES string of the molecule is C[C@@H]1C[C@H]1C(=O)NC[C@@H]1CCC[C@H](CNC(=O)[C@@H]2C[C@@H]2C)C1. The maximum absolute atomic E-state index is 11.9. The van der Waals surface area contributed by atoms with E-state index in [9.17, 15) is 9.59 Å². The van der Waals surface area contributed by atoms with Crippen LogP contribution in [0.2, 0.25) is 0 Å². The van der Waals surface area contributed by atoms with Gasteiger partial charge in [-0.15, -0.1) is 0 Å². The molecule has 0 aromatic carbocycles. The van der Waals surface area contributed by atoms with Crippen LogP contribution < -0.4 is 10.6 Å². The first-order valence-corrected chi connectivity index (χ1v) is 9.10. The third-order valence-corrected chi connectivity index (χ3v) is 5.91. The molecule has 0 heterocycles. The second-order valence-electron chi connectivity index (χ2n) is 8.03. The molecule has 2 amide bonds. The Kier molecular flexibility index (Phi) is 4.74. The molecule has 3 rings (SSSR count). The molecule has 124 valence electrons. The Hall–Kier alpha value is -1.06. The normalized spacial score (nSPS) is 39.9. The number of hydrogen-bond donors (Lipinski definition) is 2. The van der Waals surface area contributed by atoms with Gasteiger partial charge in [0.25, 0.3) is 0 Å². The number of carbonyl (C=O) groups is 2. The molecule has 0 saturated heterocycles. The topological polar surface area (TPSA) is 58.2 Å². The van der Waals surface area contributed by atoms with Crippen LogP contribution >= 0.6 is 0 Å². The maximum Gasteiger partial charge on any atom is 0.223 e. The summed E-state index contributed by atoms with van der Waals surface area (Å²) in [5.41, 5.74) is 0. The van der Waals surface area contributed by atoms with Gasteiger partial charge in [0.05, 0.1) is 0 Å². The van der Waals surface area contributed by atoms with Crippen molar-refractivity contribution in [1.29, 1.82) is 0 Å². The zero-order chi connectivity index (χ0) is 15.7. The van der Waals surface area contributed by atoms with Gasteiger partial charge in [0.1, 0.15) is 0 Å². The molecule has 3 fully saturated rings. The average molecular weight is 306 g/mol. The smallest absolute Gasteiger partial charge is 0.223 e. The molecular weight excluding hydrogens is 276 g/mol. The van der Waals surface area contributed by atoms with Crippen LogP contribution in [0, 0.1) is 35.5 Å². The molecule has 0 aromatic rings. The third kappa shape index (κ3) is 4.02. The predicted molar refractivity (Wildman–Crippen MR) is 86.0 cm³/mol. The van der Waals surface area contributed by atoms with E-state index in [2.05, 4.69) is 24.5 Å². The lowest BCUT2D eigenvalue weighted by Gasteiger charge is -2.29. The van der Waals surface area contributed by atoms with Crippen LogP contribution in [0.4, 0.5) is 0 Å². The van der Waals surface area contributed by atoms with Crippen molar-refractivity contribution >= 4 is 11.8 Å². The summed E-state index contributed by atoms with van der Waals surface area (Å²) in [4.78, 5) is 23.8. The van der Waals surface area contributed by atoms with Crippen molar-refractivity contribution < 1.29 is 9.59 Å². The van der Waals surface area contributed by atoms with E-state index in [4.69, 9.17) is 0 Å². The minimum atomic E-state index is 0.255. The summed E-state index contributed by atoms with van der Waals surface area (Å²) < 4.78 is 0. The van der Waals surface area contributed by atoms with E-state index in [1.54, 1.807) is 0 Å². The minimum absolute atomic E-state index is 0.255. The molecule has 0 spiro atoms. The quantitative estimate of drug-likeness (QED) is 0.791. The molecule has 6 atom stereocenters. The molecule has 4 heteroatoms. The summed E-state index contributed by atoms with van der Waals surface area (Å²) in [7, 11) is 0. The van der Waals surface area contributed by atoms with Gasteiger partial charge in [-0.3, -0.25) is 9.59 Å². The number of carbonyl (C=O) groups excluding carboxylic acids is 2. The summed E-state index contributed by atoms with van der Waals surface area (Å²) in [5.74, 6) is 3.41. The van der Waals surface area contributed by atoms with Crippen molar-refractivity contribution in [2.24, 2.45) is 35.5 Å². The first kappa shape index (κ1) is 15.8. The van der Waals surface area contributed by atoms with Gasteiger partial charge in [-0.2, -0.15) is 0 Å². The molecule has 3 saturated carbocycles. The second kappa shape index (κ2) is 6.59. The molecule has 22 heavy (non-hydrogen) atoms. The number of rotatable bonds is 6. The molecular formula is C18H30N2O2. The fraction of sp³-hybridized carbons (Fsp3) is 0.889. The van der Waals surface area contributed by atoms with Crippen LogP contribution in [0.25, 0.3) is 0 Å². The van der Waals surface area contributed by atoms with E-state index >= 15 is 0 Å². The molecule has 0 radical (unpaired) electrons. The summed E-state index contributed by atoms with van der Waals surface area (Å²) in [6.07, 6.45) is 6.91. The standard InChI is InChI=1S/C18H30N2O2/c1-11-6-15(11)17(21)19-9-13-4-3-5-14(8-13)10-20-18(22)16-7-12(16)2/h11-16H,3-10H2,1-2H3,(H,19,21)(H,20,22)/t11-,12+,13-,14+,15-,16-/m1/s1. The van der Waals surface area contributed by atoms with E-state index < -0.39 is 0 Å². The Morgan fingerprint density at radius 2 is 1.23 bits per heavy atom. The molecule has 3 aliphatic carbocycles. The minimum Gasteiger partial charge on any atom is -0.356 e. The van der Waals surface area contributed by atoms with E-state index in [0.29, 0.717) is 23.7 Å². The van der Waals surface area contributed by atoms with E-state index in [0.717, 1.165) is 32.4 Å². The van der Waals surface area contributed by atoms with E-state index in [1.165, 1.54) is 19.3 Å². The molecule has 0 aliphatic heterocycles. The van der Waals surface area contributed by atoms with Crippen LogP contribution in [0.1, 0.15) is 52.4 Å². The fourth-order valence-corrected chi connectivity index (χ4v) is 3.90. The first-order valence-electron chi connectivity index (χ1n) is 9.10. The van der Waals surface area contributed by atoms with Crippen LogP contribution in [0.5, 0.6) is 0 Å². The van der Waals surface area contributed by atoms with Gasteiger partial charge in [-0.05, 0) is 55.8 Å². The highest BCUT2D eigenvalue weighted by atomic mass is 16.2. The maximum atomic E-state index is 11.9. The van der Waals surface area contributed by atoms with Crippen molar-refractivity contribution in [3.63, 3.8) is 0 Å². The van der Waals surface area contributed by atoms with Crippen molar-refractivity contribution in [2.45, 2.75) is 52.4 Å². The van der Waals surface area contributed by atoms with Crippen LogP contribution in [-0.2, 0) is 9.59 Å². The Labute approximate surface area is 133 Å². The molecule has 3 aliphatic rings. The van der Waals surface area contributed by atoms with Gasteiger partial charge in [0.2, 0.25) is 11.8 Å². The molecule has 4 nitrogen and oxygen atoms in total. The summed E-state index contributed by atoms with van der Waals surface area (Å²) in [6, 6.07) is 0. The van der Waals surface area contributed by atoms with Gasteiger partial charge >= 0.3 is 0 Å². The van der Waals surface area contributed by atoms with Gasteiger partial charge in [-0.1, -0.05) is 20.3 Å².